The minimum absolute atomic E-state index is 0.0323. The summed E-state index contributed by atoms with van der Waals surface area (Å²) in [5, 5.41) is 14.3. The topological polar surface area (TPSA) is 119 Å². The molecule has 1 aromatic rings. The Morgan fingerprint density at radius 3 is 2.50 bits per heavy atom. The zero-order chi connectivity index (χ0) is 34.2. The maximum Gasteiger partial charge on any atom is 0.327 e. The average molecular weight is 689 g/mol. The molecule has 10 heteroatoms. The Morgan fingerprint density at radius 2 is 1.76 bits per heavy atom. The van der Waals surface area contributed by atoms with Crippen molar-refractivity contribution >= 4 is 18.0 Å². The number of nitrogens with zero attached hydrogens (tertiary/aromatic N) is 1. The smallest absolute Gasteiger partial charge is 0.327 e. The number of ether oxygens (including phenoxy) is 4. The van der Waals surface area contributed by atoms with Crippen LogP contribution >= 0.6 is 0 Å². The SMILES string of the molecule is CC1(C)CC2C(=Cc3ccccc3CN3OC4C5OC(C6CC6)(C6CC6)OC5C5CC4(C(=O)NCCO)C3C(=O)O5)CCC3OC3(C)CCC21. The Hall–Kier alpha value is -2.34. The van der Waals surface area contributed by atoms with Crippen LogP contribution in [0.2, 0.25) is 0 Å². The highest BCUT2D eigenvalue weighted by atomic mass is 16.8. The van der Waals surface area contributed by atoms with Gasteiger partial charge in [0.05, 0.1) is 24.9 Å². The van der Waals surface area contributed by atoms with Gasteiger partial charge in [-0.1, -0.05) is 49.8 Å². The second-order valence-corrected chi connectivity index (χ2v) is 18.0. The highest BCUT2D eigenvalue weighted by molar-refractivity contribution is 5.93. The standard InChI is InChI=1S/C40H52N2O8/c1-37(2)19-27-23(8-13-30-38(3,47-30)15-14-28(27)37)18-22-6-4-5-7-24(22)21-42-33-35(44)46-29-20-39(33,36(45)41-16-17-43)34(50-42)32-31(29)48-40(49-32,25-9-10-25)26-11-12-26/h4-7,18,25-34,43H,8-17,19-21H2,1-3H3,(H,41,45). The van der Waals surface area contributed by atoms with Crippen molar-refractivity contribution < 1.29 is 38.5 Å². The molecular formula is C40H52N2O8. The second kappa shape index (κ2) is 11.1. The summed E-state index contributed by atoms with van der Waals surface area (Å²) in [6.45, 7) is 7.33. The predicted octanol–water partition coefficient (Wildman–Crippen LogP) is 4.67. The van der Waals surface area contributed by atoms with Gasteiger partial charge in [0.25, 0.3) is 0 Å². The highest BCUT2D eigenvalue weighted by Crippen LogP contribution is 2.64. The molecule has 10 atom stereocenters. The number of carbonyl (C=O) groups excluding carboxylic acids is 2. The molecule has 9 fully saturated rings. The predicted molar refractivity (Wildman–Crippen MR) is 181 cm³/mol. The van der Waals surface area contributed by atoms with E-state index in [1.54, 1.807) is 5.06 Å². The van der Waals surface area contributed by atoms with Crippen LogP contribution in [0.3, 0.4) is 0 Å². The number of allylic oxidation sites excluding steroid dienone is 1. The molecule has 0 aromatic heterocycles. The normalized spacial score (nSPS) is 44.5. The monoisotopic (exact) mass is 688 g/mol. The quantitative estimate of drug-likeness (QED) is 0.297. The largest absolute Gasteiger partial charge is 0.458 e. The van der Waals surface area contributed by atoms with Crippen molar-refractivity contribution in [3.63, 3.8) is 0 Å². The van der Waals surface area contributed by atoms with Gasteiger partial charge < -0.3 is 29.4 Å². The number of rotatable bonds is 8. The van der Waals surface area contributed by atoms with Gasteiger partial charge in [-0.15, -0.1) is 0 Å². The van der Waals surface area contributed by atoms with Gasteiger partial charge in [-0.25, -0.2) is 0 Å². The Kier molecular flexibility index (Phi) is 7.17. The molecule has 10 unspecified atom stereocenters. The van der Waals surface area contributed by atoms with Gasteiger partial charge in [0.2, 0.25) is 5.91 Å². The van der Waals surface area contributed by atoms with Crippen LogP contribution in [0.5, 0.6) is 0 Å². The van der Waals surface area contributed by atoms with Crippen molar-refractivity contribution in [2.45, 2.75) is 139 Å². The van der Waals surface area contributed by atoms with Crippen molar-refractivity contribution in [3.8, 4) is 0 Å². The molecule has 10 nitrogen and oxygen atoms in total. The molecule has 2 bridgehead atoms. The first kappa shape index (κ1) is 32.3. The Morgan fingerprint density at radius 1 is 1.00 bits per heavy atom. The molecule has 10 rings (SSSR count). The average Bonchev–Trinajstić information content (AvgIpc) is 4.03. The molecular weight excluding hydrogens is 636 g/mol. The van der Waals surface area contributed by atoms with Crippen LogP contribution in [-0.4, -0.2) is 83.1 Å². The highest BCUT2D eigenvalue weighted by Gasteiger charge is 2.78. The summed E-state index contributed by atoms with van der Waals surface area (Å²) in [5.74, 6) is 0.387. The molecule has 1 amide bonds. The van der Waals surface area contributed by atoms with Crippen molar-refractivity contribution in [1.82, 2.24) is 10.4 Å². The van der Waals surface area contributed by atoms with Crippen LogP contribution in [0.4, 0.5) is 0 Å². The van der Waals surface area contributed by atoms with Gasteiger partial charge in [0.1, 0.15) is 29.8 Å². The minimum Gasteiger partial charge on any atom is -0.458 e. The van der Waals surface area contributed by atoms with E-state index in [4.69, 9.17) is 23.8 Å². The van der Waals surface area contributed by atoms with Crippen molar-refractivity contribution in [2.75, 3.05) is 13.2 Å². The van der Waals surface area contributed by atoms with E-state index in [0.29, 0.717) is 48.2 Å². The van der Waals surface area contributed by atoms with E-state index in [0.717, 1.165) is 56.1 Å². The van der Waals surface area contributed by atoms with Crippen molar-refractivity contribution in [1.29, 1.82) is 0 Å². The number of aliphatic hydroxyl groups excluding tert-OH is 1. The van der Waals surface area contributed by atoms with Gasteiger partial charge in [-0.3, -0.25) is 14.4 Å². The molecule has 4 aliphatic heterocycles. The molecule has 0 radical (unpaired) electrons. The Labute approximate surface area is 294 Å². The summed E-state index contributed by atoms with van der Waals surface area (Å²) >= 11 is 0. The van der Waals surface area contributed by atoms with Crippen LogP contribution < -0.4 is 5.32 Å². The Bertz CT molecular complexity index is 1610. The van der Waals surface area contributed by atoms with Crippen molar-refractivity contribution in [3.05, 3.63) is 41.0 Å². The Balaban J connectivity index is 0.988. The van der Waals surface area contributed by atoms with Crippen LogP contribution in [0, 0.1) is 34.5 Å². The van der Waals surface area contributed by atoms with Crippen LogP contribution in [-0.2, 0) is 39.9 Å². The molecule has 5 saturated carbocycles. The van der Waals surface area contributed by atoms with Crippen LogP contribution in [0.25, 0.3) is 6.08 Å². The first-order valence-electron chi connectivity index (χ1n) is 19.4. The zero-order valence-corrected chi connectivity index (χ0v) is 29.6. The first-order chi connectivity index (χ1) is 24.1. The lowest BCUT2D eigenvalue weighted by atomic mass is 9.52. The minimum atomic E-state index is -1.23. The first-order valence-corrected chi connectivity index (χ1v) is 19.4. The third-order valence-electron chi connectivity index (χ3n) is 14.4. The fourth-order valence-corrected chi connectivity index (χ4v) is 11.4. The summed E-state index contributed by atoms with van der Waals surface area (Å²) in [5.41, 5.74) is 2.77. The van der Waals surface area contributed by atoms with Gasteiger partial charge in [0.15, 0.2) is 11.8 Å². The fraction of sp³-hybridized carbons (Fsp3) is 0.750. The lowest BCUT2D eigenvalue weighted by molar-refractivity contribution is -0.235. The molecule has 270 valence electrons. The lowest BCUT2D eigenvalue weighted by Gasteiger charge is -2.53. The number of nitrogens with one attached hydrogen (secondary N) is 1. The molecule has 50 heavy (non-hydrogen) atoms. The number of amides is 1. The summed E-state index contributed by atoms with van der Waals surface area (Å²) in [7, 11) is 0. The zero-order valence-electron chi connectivity index (χ0n) is 29.6. The molecule has 2 N–H and O–H groups in total. The number of esters is 1. The summed E-state index contributed by atoms with van der Waals surface area (Å²) in [6.07, 6.45) is 10.5. The number of aliphatic hydroxyl groups is 1. The van der Waals surface area contributed by atoms with E-state index in [9.17, 15) is 14.7 Å². The number of carbonyl (C=O) groups is 2. The maximum atomic E-state index is 14.3. The van der Waals surface area contributed by atoms with E-state index in [-0.39, 0.29) is 24.7 Å². The third kappa shape index (κ3) is 4.74. The summed E-state index contributed by atoms with van der Waals surface area (Å²) in [6, 6.07) is 7.43. The van der Waals surface area contributed by atoms with Crippen LogP contribution in [0.15, 0.2) is 29.8 Å². The van der Waals surface area contributed by atoms with E-state index >= 15 is 0 Å². The van der Waals surface area contributed by atoms with E-state index in [1.807, 2.05) is 6.07 Å². The second-order valence-electron chi connectivity index (χ2n) is 18.0. The van der Waals surface area contributed by atoms with E-state index < -0.39 is 47.6 Å². The van der Waals surface area contributed by atoms with E-state index in [1.165, 1.54) is 18.4 Å². The summed E-state index contributed by atoms with van der Waals surface area (Å²) < 4.78 is 26.2. The molecule has 9 aliphatic rings. The molecule has 1 aromatic carbocycles. The van der Waals surface area contributed by atoms with Gasteiger partial charge in [-0.05, 0) is 93.1 Å². The van der Waals surface area contributed by atoms with E-state index in [2.05, 4.69) is 50.4 Å². The summed E-state index contributed by atoms with van der Waals surface area (Å²) in [4.78, 5) is 35.2. The maximum absolute atomic E-state index is 14.3. The number of hydrogen-bond donors (Lipinski definition) is 2. The number of hydrogen-bond acceptors (Lipinski definition) is 9. The van der Waals surface area contributed by atoms with Gasteiger partial charge >= 0.3 is 5.97 Å². The van der Waals surface area contributed by atoms with Crippen LogP contribution in [0.1, 0.15) is 96.1 Å². The lowest BCUT2D eigenvalue weighted by Crippen LogP contribution is -2.69. The molecule has 4 heterocycles. The van der Waals surface area contributed by atoms with Gasteiger partial charge in [-0.2, -0.15) is 5.06 Å². The van der Waals surface area contributed by atoms with Gasteiger partial charge in [0, 0.05) is 24.8 Å². The number of epoxide rings is 1. The number of fused-ring (bicyclic) bond motifs is 6. The molecule has 4 saturated heterocycles. The number of hydroxylamine groups is 2. The number of benzene rings is 1. The fourth-order valence-electron chi connectivity index (χ4n) is 11.4. The third-order valence-corrected chi connectivity index (χ3v) is 14.4. The molecule has 5 aliphatic carbocycles. The van der Waals surface area contributed by atoms with Crippen molar-refractivity contribution in [2.24, 2.45) is 34.5 Å². The molecule has 0 spiro atoms.